The van der Waals surface area contributed by atoms with E-state index in [0.717, 1.165) is 18.5 Å². The highest BCUT2D eigenvalue weighted by Gasteiger charge is 2.43. The van der Waals surface area contributed by atoms with E-state index in [9.17, 15) is 0 Å². The molecule has 1 aromatic rings. The molecule has 2 rings (SSSR count). The van der Waals surface area contributed by atoms with Gasteiger partial charge in [0.1, 0.15) is 0 Å². The minimum Gasteiger partial charge on any atom is -0.314 e. The standard InChI is InChI=1S/C12H14N2/c1-10-6-3-4-7-11(10)14-12(13-2)8-5-9-12/h3-4,6-7,14H,5,8-9H2,1H3. The highest BCUT2D eigenvalue weighted by Crippen LogP contribution is 2.37. The summed E-state index contributed by atoms with van der Waals surface area (Å²) in [7, 11) is 0. The Bertz CT molecular complexity index is 372. The first-order valence-corrected chi connectivity index (χ1v) is 4.98. The van der Waals surface area contributed by atoms with E-state index >= 15 is 0 Å². The molecule has 1 aliphatic rings. The highest BCUT2D eigenvalue weighted by atomic mass is 15.1. The molecule has 0 saturated heterocycles. The zero-order valence-electron chi connectivity index (χ0n) is 8.38. The number of hydrogen-bond donors (Lipinski definition) is 1. The van der Waals surface area contributed by atoms with Gasteiger partial charge in [0.05, 0.1) is 0 Å². The van der Waals surface area contributed by atoms with E-state index in [0.29, 0.717) is 0 Å². The summed E-state index contributed by atoms with van der Waals surface area (Å²) in [6.07, 6.45) is 3.12. The lowest BCUT2D eigenvalue weighted by Crippen LogP contribution is -2.41. The Morgan fingerprint density at radius 2 is 2.07 bits per heavy atom. The molecule has 1 saturated carbocycles. The summed E-state index contributed by atoms with van der Waals surface area (Å²) in [6.45, 7) is 9.26. The van der Waals surface area contributed by atoms with Crippen molar-refractivity contribution in [3.8, 4) is 0 Å². The summed E-state index contributed by atoms with van der Waals surface area (Å²) in [6, 6.07) is 8.14. The maximum absolute atomic E-state index is 7.19. The SMILES string of the molecule is [C-]#[N+]C1(Nc2ccccc2C)CCC1. The number of nitrogens with one attached hydrogen (secondary N) is 1. The molecule has 0 amide bonds. The summed E-state index contributed by atoms with van der Waals surface area (Å²) >= 11 is 0. The Balaban J connectivity index is 2.19. The van der Waals surface area contributed by atoms with Gasteiger partial charge in [-0.25, -0.2) is 6.57 Å². The molecule has 0 bridgehead atoms. The molecule has 1 fully saturated rings. The monoisotopic (exact) mass is 186 g/mol. The number of anilines is 1. The first kappa shape index (κ1) is 9.08. The summed E-state index contributed by atoms with van der Waals surface area (Å²) in [5.41, 5.74) is 2.01. The van der Waals surface area contributed by atoms with Gasteiger partial charge in [0, 0.05) is 18.5 Å². The van der Waals surface area contributed by atoms with Crippen molar-refractivity contribution in [2.75, 3.05) is 5.32 Å². The lowest BCUT2D eigenvalue weighted by Gasteiger charge is -2.31. The average Bonchev–Trinajstić information content (AvgIpc) is 2.14. The molecule has 1 N–H and O–H groups in total. The van der Waals surface area contributed by atoms with Crippen LogP contribution < -0.4 is 5.32 Å². The van der Waals surface area contributed by atoms with Gasteiger partial charge >= 0.3 is 5.66 Å². The smallest absolute Gasteiger partial charge is 0.305 e. The molecule has 0 atom stereocenters. The second-order valence-electron chi connectivity index (χ2n) is 3.94. The number of benzene rings is 1. The van der Waals surface area contributed by atoms with Crippen molar-refractivity contribution in [2.24, 2.45) is 0 Å². The third-order valence-corrected chi connectivity index (χ3v) is 2.91. The summed E-state index contributed by atoms with van der Waals surface area (Å²) < 4.78 is 0. The molecule has 1 aromatic carbocycles. The van der Waals surface area contributed by atoms with E-state index in [2.05, 4.69) is 23.2 Å². The van der Waals surface area contributed by atoms with Crippen molar-refractivity contribution in [1.82, 2.24) is 0 Å². The van der Waals surface area contributed by atoms with Gasteiger partial charge < -0.3 is 5.32 Å². The van der Waals surface area contributed by atoms with Crippen molar-refractivity contribution in [3.05, 3.63) is 41.2 Å². The Hall–Kier alpha value is -1.49. The van der Waals surface area contributed by atoms with Gasteiger partial charge in [0.25, 0.3) is 0 Å². The van der Waals surface area contributed by atoms with Gasteiger partial charge in [-0.1, -0.05) is 18.2 Å². The van der Waals surface area contributed by atoms with Crippen molar-refractivity contribution in [2.45, 2.75) is 31.8 Å². The Morgan fingerprint density at radius 3 is 2.57 bits per heavy atom. The first-order chi connectivity index (χ1) is 6.76. The third-order valence-electron chi connectivity index (χ3n) is 2.91. The molecule has 0 radical (unpaired) electrons. The van der Waals surface area contributed by atoms with Gasteiger partial charge in [0.15, 0.2) is 0 Å². The zero-order chi connectivity index (χ0) is 10.0. The Labute approximate surface area is 84.8 Å². The van der Waals surface area contributed by atoms with Crippen LogP contribution in [0.15, 0.2) is 24.3 Å². The third kappa shape index (κ3) is 1.46. The maximum atomic E-state index is 7.19. The molecular formula is C12H14N2. The summed E-state index contributed by atoms with van der Waals surface area (Å²) in [4.78, 5) is 3.70. The fourth-order valence-corrected chi connectivity index (χ4v) is 1.74. The van der Waals surface area contributed by atoms with Crippen LogP contribution in [0.25, 0.3) is 4.85 Å². The summed E-state index contributed by atoms with van der Waals surface area (Å²) in [5.74, 6) is 0. The zero-order valence-corrected chi connectivity index (χ0v) is 8.38. The molecule has 14 heavy (non-hydrogen) atoms. The topological polar surface area (TPSA) is 16.4 Å². The molecule has 2 nitrogen and oxygen atoms in total. The highest BCUT2D eigenvalue weighted by molar-refractivity contribution is 5.53. The number of aryl methyl sites for hydroxylation is 1. The van der Waals surface area contributed by atoms with Crippen LogP contribution in [0.5, 0.6) is 0 Å². The van der Waals surface area contributed by atoms with Crippen molar-refractivity contribution in [3.63, 3.8) is 0 Å². The van der Waals surface area contributed by atoms with Crippen LogP contribution in [-0.4, -0.2) is 5.66 Å². The molecule has 1 aliphatic carbocycles. The van der Waals surface area contributed by atoms with E-state index in [4.69, 9.17) is 6.57 Å². The van der Waals surface area contributed by atoms with Crippen LogP contribution in [0.1, 0.15) is 24.8 Å². The van der Waals surface area contributed by atoms with Crippen LogP contribution in [-0.2, 0) is 0 Å². The number of nitrogens with zero attached hydrogens (tertiary/aromatic N) is 1. The van der Waals surface area contributed by atoms with E-state index in [1.807, 2.05) is 18.2 Å². The average molecular weight is 186 g/mol. The van der Waals surface area contributed by atoms with Gasteiger partial charge in [-0.3, -0.25) is 4.85 Å². The molecule has 0 spiro atoms. The fraction of sp³-hybridized carbons (Fsp3) is 0.417. The molecule has 0 aromatic heterocycles. The van der Waals surface area contributed by atoms with Gasteiger partial charge in [-0.2, -0.15) is 0 Å². The van der Waals surface area contributed by atoms with E-state index in [1.165, 1.54) is 12.0 Å². The molecular weight excluding hydrogens is 172 g/mol. The van der Waals surface area contributed by atoms with Crippen molar-refractivity contribution < 1.29 is 0 Å². The van der Waals surface area contributed by atoms with Gasteiger partial charge in [0.2, 0.25) is 0 Å². The fourth-order valence-electron chi connectivity index (χ4n) is 1.74. The number of para-hydroxylation sites is 1. The van der Waals surface area contributed by atoms with Crippen LogP contribution in [0.3, 0.4) is 0 Å². The molecule has 72 valence electrons. The van der Waals surface area contributed by atoms with E-state index in [-0.39, 0.29) is 5.66 Å². The molecule has 0 aliphatic heterocycles. The molecule has 2 heteroatoms. The second kappa shape index (κ2) is 3.34. The lowest BCUT2D eigenvalue weighted by atomic mass is 9.85. The van der Waals surface area contributed by atoms with E-state index < -0.39 is 0 Å². The normalized spacial score (nSPS) is 18.0. The predicted octanol–water partition coefficient (Wildman–Crippen LogP) is 3.21. The van der Waals surface area contributed by atoms with Crippen LogP contribution in [0, 0.1) is 13.5 Å². The quantitative estimate of drug-likeness (QED) is 0.701. The van der Waals surface area contributed by atoms with Gasteiger partial charge in [-0.05, 0) is 25.0 Å². The number of rotatable bonds is 2. The Kier molecular flexibility index (Phi) is 2.17. The maximum Gasteiger partial charge on any atom is 0.305 e. The van der Waals surface area contributed by atoms with Gasteiger partial charge in [-0.15, -0.1) is 0 Å². The van der Waals surface area contributed by atoms with Crippen molar-refractivity contribution >= 4 is 5.69 Å². The minimum atomic E-state index is -0.299. The molecule has 0 heterocycles. The Morgan fingerprint density at radius 1 is 1.36 bits per heavy atom. The largest absolute Gasteiger partial charge is 0.314 e. The minimum absolute atomic E-state index is 0.299. The molecule has 0 unspecified atom stereocenters. The van der Waals surface area contributed by atoms with Crippen molar-refractivity contribution in [1.29, 1.82) is 0 Å². The predicted molar refractivity (Wildman–Crippen MR) is 58.0 cm³/mol. The van der Waals surface area contributed by atoms with Crippen LogP contribution in [0.2, 0.25) is 0 Å². The van der Waals surface area contributed by atoms with E-state index in [1.54, 1.807) is 0 Å². The number of hydrogen-bond acceptors (Lipinski definition) is 1. The summed E-state index contributed by atoms with van der Waals surface area (Å²) in [5, 5.41) is 3.36. The second-order valence-corrected chi connectivity index (χ2v) is 3.94. The van der Waals surface area contributed by atoms with Crippen LogP contribution in [0.4, 0.5) is 5.69 Å². The van der Waals surface area contributed by atoms with Crippen LogP contribution >= 0.6 is 0 Å². The first-order valence-electron chi connectivity index (χ1n) is 4.98. The lowest BCUT2D eigenvalue weighted by molar-refractivity contribution is 0.343.